The minimum Gasteiger partial charge on any atom is -0.319 e. The van der Waals surface area contributed by atoms with E-state index in [-0.39, 0.29) is 16.9 Å². The Morgan fingerprint density at radius 1 is 1.08 bits per heavy atom. The molecule has 0 aliphatic heterocycles. The monoisotopic (exact) mass is 358 g/mol. The number of fused-ring (bicyclic) bond motifs is 1. The summed E-state index contributed by atoms with van der Waals surface area (Å²) in [4.78, 5) is 37.2. The van der Waals surface area contributed by atoms with Crippen molar-refractivity contribution < 1.29 is 14.6 Å². The Balaban J connectivity index is 2.07. The normalized spacial score (nSPS) is 11.6. The summed E-state index contributed by atoms with van der Waals surface area (Å²) in [5, 5.41) is 21.7. The third-order valence-corrected chi connectivity index (χ3v) is 4.60. The molecule has 1 amide bonds. The Morgan fingerprint density at radius 3 is 2.44 bits per heavy atom. The van der Waals surface area contributed by atoms with Crippen molar-refractivity contribution in [3.63, 3.8) is 0 Å². The van der Waals surface area contributed by atoms with Gasteiger partial charge in [-0.2, -0.15) is 4.99 Å². The van der Waals surface area contributed by atoms with Crippen LogP contribution in [0, 0.1) is 20.2 Å². The Hall–Kier alpha value is -3.40. The summed E-state index contributed by atoms with van der Waals surface area (Å²) in [6.07, 6.45) is 0. The van der Waals surface area contributed by atoms with Crippen molar-refractivity contribution in [3.8, 4) is 0 Å². The molecule has 1 aromatic heterocycles. The quantitative estimate of drug-likeness (QED) is 0.526. The van der Waals surface area contributed by atoms with Crippen molar-refractivity contribution in [2.45, 2.75) is 0 Å². The number of carbonyl (C=O) groups excluding carboxylic acids is 1. The van der Waals surface area contributed by atoms with Crippen LogP contribution in [0.2, 0.25) is 0 Å². The van der Waals surface area contributed by atoms with E-state index < -0.39 is 15.8 Å². The van der Waals surface area contributed by atoms with Crippen LogP contribution in [0.15, 0.2) is 47.5 Å². The molecule has 2 aromatic carbocycles. The van der Waals surface area contributed by atoms with Crippen LogP contribution in [0.5, 0.6) is 0 Å². The van der Waals surface area contributed by atoms with Crippen molar-refractivity contribution in [1.82, 2.24) is 4.57 Å². The van der Waals surface area contributed by atoms with Gasteiger partial charge >= 0.3 is 0 Å². The summed E-state index contributed by atoms with van der Waals surface area (Å²) in [6.45, 7) is 0. The zero-order chi connectivity index (χ0) is 18.1. The van der Waals surface area contributed by atoms with Gasteiger partial charge in [-0.1, -0.05) is 17.4 Å². The van der Waals surface area contributed by atoms with E-state index in [4.69, 9.17) is 0 Å². The highest BCUT2D eigenvalue weighted by atomic mass is 32.1. The number of thiazole rings is 1. The first-order valence-electron chi connectivity index (χ1n) is 6.94. The number of nitrogens with zero attached hydrogens (tertiary/aromatic N) is 4. The van der Waals surface area contributed by atoms with E-state index >= 15 is 0 Å². The average molecular weight is 358 g/mol. The number of hydrogen-bond acceptors (Lipinski definition) is 6. The maximum atomic E-state index is 12.3. The lowest BCUT2D eigenvalue weighted by molar-refractivity contribution is -0.385. The minimum absolute atomic E-state index is 0.0501. The van der Waals surface area contributed by atoms with Crippen molar-refractivity contribution in [2.75, 3.05) is 0 Å². The standard InChI is InChI=1S/C15H10N4O5S/c1-17-12-6-5-11(19(23)24)8-13(12)25-15(17)16-14(20)9-3-2-4-10(7-9)18(21)22/h2-8H,1H3. The zero-order valence-electron chi connectivity index (χ0n) is 12.8. The molecule has 0 aliphatic rings. The maximum Gasteiger partial charge on any atom is 0.279 e. The SMILES string of the molecule is Cn1c(=NC(=O)c2cccc([N+](=O)[O-])c2)sc2cc([N+](=O)[O-])ccc21. The number of nitro benzene ring substituents is 2. The molecule has 0 atom stereocenters. The lowest BCUT2D eigenvalue weighted by Gasteiger charge is -1.97. The summed E-state index contributed by atoms with van der Waals surface area (Å²) in [5.74, 6) is -0.625. The number of amides is 1. The van der Waals surface area contributed by atoms with E-state index in [1.54, 1.807) is 17.7 Å². The fourth-order valence-electron chi connectivity index (χ4n) is 2.25. The second kappa shape index (κ2) is 6.24. The number of rotatable bonds is 3. The molecule has 0 bridgehead atoms. The van der Waals surface area contributed by atoms with Crippen molar-refractivity contribution in [3.05, 3.63) is 73.1 Å². The van der Waals surface area contributed by atoms with Crippen molar-refractivity contribution in [1.29, 1.82) is 0 Å². The van der Waals surface area contributed by atoms with E-state index in [0.29, 0.717) is 15.0 Å². The number of nitro groups is 2. The van der Waals surface area contributed by atoms with Gasteiger partial charge in [0.15, 0.2) is 4.80 Å². The highest BCUT2D eigenvalue weighted by molar-refractivity contribution is 7.16. The molecule has 0 aliphatic carbocycles. The molecule has 0 saturated carbocycles. The van der Waals surface area contributed by atoms with Crippen LogP contribution in [0.25, 0.3) is 10.2 Å². The van der Waals surface area contributed by atoms with Gasteiger partial charge in [-0.25, -0.2) is 0 Å². The molecule has 0 saturated heterocycles. The fourth-order valence-corrected chi connectivity index (χ4v) is 3.30. The second-order valence-corrected chi connectivity index (χ2v) is 6.09. The summed E-state index contributed by atoms with van der Waals surface area (Å²) in [5.41, 5.74) is 0.544. The van der Waals surface area contributed by atoms with Crippen LogP contribution < -0.4 is 4.80 Å². The second-order valence-electron chi connectivity index (χ2n) is 5.08. The smallest absolute Gasteiger partial charge is 0.279 e. The zero-order valence-corrected chi connectivity index (χ0v) is 13.6. The van der Waals surface area contributed by atoms with Crippen LogP contribution in [0.1, 0.15) is 10.4 Å². The predicted octanol–water partition coefficient (Wildman–Crippen LogP) is 2.80. The van der Waals surface area contributed by atoms with Gasteiger partial charge in [0.1, 0.15) is 0 Å². The molecule has 0 fully saturated rings. The molecule has 1 heterocycles. The van der Waals surface area contributed by atoms with Gasteiger partial charge in [0.2, 0.25) is 0 Å². The summed E-state index contributed by atoms with van der Waals surface area (Å²) >= 11 is 1.13. The molecular formula is C15H10N4O5S. The molecule has 126 valence electrons. The summed E-state index contributed by atoms with van der Waals surface area (Å²) < 4.78 is 2.25. The predicted molar refractivity (Wildman–Crippen MR) is 90.4 cm³/mol. The molecule has 0 spiro atoms. The summed E-state index contributed by atoms with van der Waals surface area (Å²) in [7, 11) is 1.68. The molecule has 10 heteroatoms. The van der Waals surface area contributed by atoms with Crippen LogP contribution in [0.4, 0.5) is 11.4 Å². The third kappa shape index (κ3) is 3.15. The molecule has 25 heavy (non-hydrogen) atoms. The molecule has 0 radical (unpaired) electrons. The molecule has 0 N–H and O–H groups in total. The Bertz CT molecular complexity index is 1100. The lowest BCUT2D eigenvalue weighted by Crippen LogP contribution is -2.13. The fraction of sp³-hybridized carbons (Fsp3) is 0.0667. The van der Waals surface area contributed by atoms with Gasteiger partial charge in [0, 0.05) is 36.9 Å². The molecule has 0 unspecified atom stereocenters. The number of benzene rings is 2. The van der Waals surface area contributed by atoms with E-state index in [2.05, 4.69) is 4.99 Å². The number of carbonyl (C=O) groups is 1. The van der Waals surface area contributed by atoms with Gasteiger partial charge in [-0.15, -0.1) is 0 Å². The van der Waals surface area contributed by atoms with E-state index in [1.165, 1.54) is 30.3 Å². The van der Waals surface area contributed by atoms with Gasteiger partial charge in [-0.3, -0.25) is 25.0 Å². The van der Waals surface area contributed by atoms with Gasteiger partial charge in [0.25, 0.3) is 17.3 Å². The van der Waals surface area contributed by atoms with E-state index in [1.807, 2.05) is 0 Å². The first kappa shape index (κ1) is 16.5. The average Bonchev–Trinajstić information content (AvgIpc) is 2.90. The highest BCUT2D eigenvalue weighted by Crippen LogP contribution is 2.22. The van der Waals surface area contributed by atoms with Crippen LogP contribution >= 0.6 is 11.3 Å². The van der Waals surface area contributed by atoms with Gasteiger partial charge < -0.3 is 4.57 Å². The largest absolute Gasteiger partial charge is 0.319 e. The minimum atomic E-state index is -0.625. The molecular weight excluding hydrogens is 348 g/mol. The molecule has 3 aromatic rings. The van der Waals surface area contributed by atoms with Crippen LogP contribution in [-0.4, -0.2) is 20.3 Å². The van der Waals surface area contributed by atoms with Gasteiger partial charge in [-0.05, 0) is 12.1 Å². The molecule has 9 nitrogen and oxygen atoms in total. The first-order valence-corrected chi connectivity index (χ1v) is 7.76. The van der Waals surface area contributed by atoms with Crippen molar-refractivity contribution >= 4 is 38.8 Å². The number of hydrogen-bond donors (Lipinski definition) is 0. The Labute approximate surface area is 143 Å². The highest BCUT2D eigenvalue weighted by Gasteiger charge is 2.13. The lowest BCUT2D eigenvalue weighted by atomic mass is 10.2. The van der Waals surface area contributed by atoms with E-state index in [9.17, 15) is 25.0 Å². The Kier molecular flexibility index (Phi) is 4.11. The topological polar surface area (TPSA) is 121 Å². The third-order valence-electron chi connectivity index (χ3n) is 3.50. The van der Waals surface area contributed by atoms with Crippen molar-refractivity contribution in [2.24, 2.45) is 12.0 Å². The maximum absolute atomic E-state index is 12.3. The van der Waals surface area contributed by atoms with Crippen LogP contribution in [-0.2, 0) is 7.05 Å². The number of aryl methyl sites for hydroxylation is 1. The molecule has 3 rings (SSSR count). The Morgan fingerprint density at radius 2 is 1.76 bits per heavy atom. The number of aromatic nitrogens is 1. The summed E-state index contributed by atoms with van der Waals surface area (Å²) in [6, 6.07) is 9.67. The first-order chi connectivity index (χ1) is 11.9. The van der Waals surface area contributed by atoms with Gasteiger partial charge in [0.05, 0.1) is 20.1 Å². The number of non-ortho nitro benzene ring substituents is 2. The van der Waals surface area contributed by atoms with Crippen LogP contribution in [0.3, 0.4) is 0 Å². The van der Waals surface area contributed by atoms with E-state index in [0.717, 1.165) is 17.4 Å².